The fourth-order valence-corrected chi connectivity index (χ4v) is 1.50. The molecule has 17 heavy (non-hydrogen) atoms. The van der Waals surface area contributed by atoms with Crippen LogP contribution in [-0.2, 0) is 9.53 Å². The Labute approximate surface area is 97.9 Å². The van der Waals surface area contributed by atoms with E-state index in [1.165, 1.54) is 4.80 Å². The number of nitrogens with zero attached hydrogens (tertiary/aromatic N) is 5. The SMILES string of the molecule is C[C@@H](C(=O)NN)n1nnc(N2CCOCC2)n1. The molecule has 1 aliphatic rings. The quantitative estimate of drug-likeness (QED) is 0.360. The van der Waals surface area contributed by atoms with Gasteiger partial charge in [0.15, 0.2) is 6.04 Å². The standard InChI is InChI=1S/C8H15N7O2/c1-6(7(16)10-9)15-12-8(11-13-15)14-2-4-17-5-3-14/h6H,2-5,9H2,1H3,(H,10,16)/t6-/m0/s1. The van der Waals surface area contributed by atoms with E-state index < -0.39 is 6.04 Å². The summed E-state index contributed by atoms with van der Waals surface area (Å²) in [5.74, 6) is 5.18. The smallest absolute Gasteiger partial charge is 0.266 e. The average molecular weight is 241 g/mol. The van der Waals surface area contributed by atoms with Gasteiger partial charge in [-0.25, -0.2) is 5.84 Å². The average Bonchev–Trinajstić information content (AvgIpc) is 2.87. The van der Waals surface area contributed by atoms with Crippen LogP contribution in [0.2, 0.25) is 0 Å². The number of hydrogen-bond acceptors (Lipinski definition) is 7. The Balaban J connectivity index is 2.06. The highest BCUT2D eigenvalue weighted by atomic mass is 16.5. The lowest BCUT2D eigenvalue weighted by Gasteiger charge is -2.24. The number of nitrogens with one attached hydrogen (secondary N) is 1. The van der Waals surface area contributed by atoms with Crippen molar-refractivity contribution in [3.05, 3.63) is 0 Å². The number of aromatic nitrogens is 4. The summed E-state index contributed by atoms with van der Waals surface area (Å²) in [5.41, 5.74) is 2.05. The van der Waals surface area contributed by atoms with Gasteiger partial charge < -0.3 is 9.64 Å². The van der Waals surface area contributed by atoms with E-state index in [4.69, 9.17) is 10.6 Å². The zero-order valence-electron chi connectivity index (χ0n) is 9.54. The summed E-state index contributed by atoms with van der Waals surface area (Å²) >= 11 is 0. The largest absolute Gasteiger partial charge is 0.378 e. The maximum atomic E-state index is 11.3. The fraction of sp³-hybridized carbons (Fsp3) is 0.750. The highest BCUT2D eigenvalue weighted by Crippen LogP contribution is 2.09. The third-order valence-corrected chi connectivity index (χ3v) is 2.58. The van der Waals surface area contributed by atoms with E-state index in [1.807, 2.05) is 4.90 Å². The van der Waals surface area contributed by atoms with E-state index in [2.05, 4.69) is 20.8 Å². The lowest BCUT2D eigenvalue weighted by molar-refractivity contribution is -0.124. The molecule has 0 radical (unpaired) electrons. The van der Waals surface area contributed by atoms with Gasteiger partial charge in [-0.3, -0.25) is 10.2 Å². The van der Waals surface area contributed by atoms with Gasteiger partial charge in [-0.1, -0.05) is 5.10 Å². The molecule has 2 heterocycles. The molecule has 2 rings (SSSR count). The number of carbonyl (C=O) groups is 1. The van der Waals surface area contributed by atoms with E-state index in [0.29, 0.717) is 19.2 Å². The predicted molar refractivity (Wildman–Crippen MR) is 57.9 cm³/mol. The van der Waals surface area contributed by atoms with Crippen LogP contribution < -0.4 is 16.2 Å². The van der Waals surface area contributed by atoms with Gasteiger partial charge >= 0.3 is 0 Å². The van der Waals surface area contributed by atoms with Crippen molar-refractivity contribution in [2.45, 2.75) is 13.0 Å². The first kappa shape index (κ1) is 11.7. The summed E-state index contributed by atoms with van der Waals surface area (Å²) in [4.78, 5) is 14.5. The number of rotatable bonds is 3. The second-order valence-corrected chi connectivity index (χ2v) is 3.69. The lowest BCUT2D eigenvalue weighted by Crippen LogP contribution is -2.38. The van der Waals surface area contributed by atoms with Crippen molar-refractivity contribution < 1.29 is 9.53 Å². The van der Waals surface area contributed by atoms with Crippen LogP contribution in [0, 0.1) is 0 Å². The number of hydrogen-bond donors (Lipinski definition) is 2. The number of tetrazole rings is 1. The van der Waals surface area contributed by atoms with E-state index in [0.717, 1.165) is 13.1 Å². The van der Waals surface area contributed by atoms with Crippen molar-refractivity contribution in [1.82, 2.24) is 25.6 Å². The lowest BCUT2D eigenvalue weighted by atomic mass is 10.3. The van der Waals surface area contributed by atoms with Crippen LogP contribution in [0.15, 0.2) is 0 Å². The number of amides is 1. The van der Waals surface area contributed by atoms with Crippen molar-refractivity contribution in [3.63, 3.8) is 0 Å². The van der Waals surface area contributed by atoms with Crippen LogP contribution in [0.1, 0.15) is 13.0 Å². The molecule has 3 N–H and O–H groups in total. The summed E-state index contributed by atoms with van der Waals surface area (Å²) in [6.45, 7) is 4.39. The number of morpholine rings is 1. The Morgan fingerprint density at radius 3 is 2.88 bits per heavy atom. The molecule has 94 valence electrons. The molecule has 1 fully saturated rings. The third kappa shape index (κ3) is 2.50. The normalized spacial score (nSPS) is 17.9. The Kier molecular flexibility index (Phi) is 3.49. The van der Waals surface area contributed by atoms with Gasteiger partial charge in [0.1, 0.15) is 0 Å². The molecule has 1 amide bonds. The second-order valence-electron chi connectivity index (χ2n) is 3.69. The number of nitrogens with two attached hydrogens (primary N) is 1. The first-order valence-corrected chi connectivity index (χ1v) is 5.35. The molecule has 9 heteroatoms. The van der Waals surface area contributed by atoms with E-state index in [1.54, 1.807) is 6.92 Å². The minimum Gasteiger partial charge on any atom is -0.378 e. The van der Waals surface area contributed by atoms with Gasteiger partial charge in [-0.15, -0.1) is 9.90 Å². The van der Waals surface area contributed by atoms with Crippen molar-refractivity contribution in [3.8, 4) is 0 Å². The van der Waals surface area contributed by atoms with Gasteiger partial charge in [-0.05, 0) is 12.1 Å². The van der Waals surface area contributed by atoms with Crippen molar-refractivity contribution in [2.24, 2.45) is 5.84 Å². The number of ether oxygens (including phenoxy) is 1. The van der Waals surface area contributed by atoms with Gasteiger partial charge in [0, 0.05) is 13.1 Å². The van der Waals surface area contributed by atoms with Crippen molar-refractivity contribution >= 4 is 11.9 Å². The first-order chi connectivity index (χ1) is 8.22. The van der Waals surface area contributed by atoms with Crippen LogP contribution >= 0.6 is 0 Å². The van der Waals surface area contributed by atoms with Crippen molar-refractivity contribution in [2.75, 3.05) is 31.2 Å². The molecule has 0 aromatic carbocycles. The summed E-state index contributed by atoms with van der Waals surface area (Å²) in [7, 11) is 0. The fourth-order valence-electron chi connectivity index (χ4n) is 1.50. The second kappa shape index (κ2) is 5.06. The number of carbonyl (C=O) groups excluding carboxylic acids is 1. The molecule has 0 bridgehead atoms. The maximum Gasteiger partial charge on any atom is 0.266 e. The molecule has 1 saturated heterocycles. The molecule has 1 aromatic heterocycles. The first-order valence-electron chi connectivity index (χ1n) is 5.35. The van der Waals surface area contributed by atoms with Crippen LogP contribution in [0.3, 0.4) is 0 Å². The zero-order chi connectivity index (χ0) is 12.3. The summed E-state index contributed by atoms with van der Waals surface area (Å²) in [5, 5.41) is 11.9. The van der Waals surface area contributed by atoms with Crippen molar-refractivity contribution in [1.29, 1.82) is 0 Å². The molecular weight excluding hydrogens is 226 g/mol. The Bertz CT molecular complexity index is 387. The molecule has 0 spiro atoms. The number of hydrazine groups is 1. The highest BCUT2D eigenvalue weighted by molar-refractivity contribution is 5.78. The number of anilines is 1. The Morgan fingerprint density at radius 1 is 1.53 bits per heavy atom. The minimum absolute atomic E-state index is 0.365. The molecule has 1 aromatic rings. The van der Waals surface area contributed by atoms with Crippen LogP contribution in [0.25, 0.3) is 0 Å². The van der Waals surface area contributed by atoms with Gasteiger partial charge in [0.25, 0.3) is 11.9 Å². The molecule has 1 aliphatic heterocycles. The molecule has 1 atom stereocenters. The van der Waals surface area contributed by atoms with Gasteiger partial charge in [0.05, 0.1) is 13.2 Å². The molecule has 0 saturated carbocycles. The topological polar surface area (TPSA) is 111 Å². The molecule has 9 nitrogen and oxygen atoms in total. The van der Waals surface area contributed by atoms with E-state index in [9.17, 15) is 4.79 Å². The summed E-state index contributed by atoms with van der Waals surface area (Å²) in [6.07, 6.45) is 0. The summed E-state index contributed by atoms with van der Waals surface area (Å²) < 4.78 is 5.23. The van der Waals surface area contributed by atoms with Gasteiger partial charge in [0.2, 0.25) is 0 Å². The maximum absolute atomic E-state index is 11.3. The van der Waals surface area contributed by atoms with Crippen LogP contribution in [0.5, 0.6) is 0 Å². The minimum atomic E-state index is -0.581. The monoisotopic (exact) mass is 241 g/mol. The molecular formula is C8H15N7O2. The predicted octanol–water partition coefficient (Wildman–Crippen LogP) is -1.94. The van der Waals surface area contributed by atoms with Crippen LogP contribution in [-0.4, -0.2) is 52.4 Å². The zero-order valence-corrected chi connectivity index (χ0v) is 9.54. The van der Waals surface area contributed by atoms with Crippen LogP contribution in [0.4, 0.5) is 5.95 Å². The highest BCUT2D eigenvalue weighted by Gasteiger charge is 2.20. The molecule has 0 unspecified atom stereocenters. The van der Waals surface area contributed by atoms with Gasteiger partial charge in [-0.2, -0.15) is 0 Å². The Morgan fingerprint density at radius 2 is 2.24 bits per heavy atom. The summed E-state index contributed by atoms with van der Waals surface area (Å²) in [6, 6.07) is -0.581. The molecule has 0 aliphatic carbocycles. The van der Waals surface area contributed by atoms with E-state index in [-0.39, 0.29) is 5.91 Å². The Hall–Kier alpha value is -1.74. The van der Waals surface area contributed by atoms with E-state index >= 15 is 0 Å². The third-order valence-electron chi connectivity index (χ3n) is 2.58.